The van der Waals surface area contributed by atoms with Crippen LogP contribution in [0.1, 0.15) is 38.5 Å². The van der Waals surface area contributed by atoms with E-state index in [1.807, 2.05) is 28.8 Å². The third kappa shape index (κ3) is 3.08. The molecule has 0 aromatic carbocycles. The highest BCUT2D eigenvalue weighted by Crippen LogP contribution is 2.47. The number of fused-ring (bicyclic) bond motifs is 1. The van der Waals surface area contributed by atoms with Crippen LogP contribution in [0.25, 0.3) is 0 Å². The van der Waals surface area contributed by atoms with Gasteiger partial charge in [0, 0.05) is 36.1 Å². The Kier molecular flexibility index (Phi) is 4.30. The number of nitrogens with zero attached hydrogens (tertiary/aromatic N) is 2. The second-order valence-corrected chi connectivity index (χ2v) is 10.2. The number of carbonyl (C=O) groups is 1. The molecule has 26 heavy (non-hydrogen) atoms. The number of thiophene rings is 1. The highest BCUT2D eigenvalue weighted by molar-refractivity contribution is 8.01. The second-order valence-electron chi connectivity index (χ2n) is 7.56. The van der Waals surface area contributed by atoms with Crippen LogP contribution in [0.15, 0.2) is 30.6 Å². The summed E-state index contributed by atoms with van der Waals surface area (Å²) in [6, 6.07) is 6.14. The molecule has 6 heteroatoms. The van der Waals surface area contributed by atoms with E-state index in [9.17, 15) is 4.79 Å². The van der Waals surface area contributed by atoms with Gasteiger partial charge in [-0.25, -0.2) is 0 Å². The van der Waals surface area contributed by atoms with Gasteiger partial charge in [0.05, 0.1) is 22.3 Å². The van der Waals surface area contributed by atoms with Crippen LogP contribution in [0.2, 0.25) is 0 Å². The van der Waals surface area contributed by atoms with E-state index in [1.54, 1.807) is 23.7 Å². The van der Waals surface area contributed by atoms with Crippen molar-refractivity contribution in [3.8, 4) is 0 Å². The molecule has 0 N–H and O–H groups in total. The Morgan fingerprint density at radius 2 is 2.15 bits per heavy atom. The van der Waals surface area contributed by atoms with Crippen LogP contribution in [0.3, 0.4) is 0 Å². The summed E-state index contributed by atoms with van der Waals surface area (Å²) in [4.78, 5) is 21.2. The quantitative estimate of drug-likeness (QED) is 0.806. The number of aromatic nitrogens is 1. The molecule has 1 spiro atoms. The van der Waals surface area contributed by atoms with Gasteiger partial charge in [-0.15, -0.1) is 23.1 Å². The van der Waals surface area contributed by atoms with Gasteiger partial charge < -0.3 is 9.64 Å². The van der Waals surface area contributed by atoms with Gasteiger partial charge in [-0.3, -0.25) is 9.78 Å². The third-order valence-corrected chi connectivity index (χ3v) is 8.41. The molecular formula is C20H22N2O2S2. The van der Waals surface area contributed by atoms with E-state index in [0.717, 1.165) is 43.0 Å². The normalized spacial score (nSPS) is 23.2. The van der Waals surface area contributed by atoms with E-state index in [1.165, 1.54) is 22.4 Å². The summed E-state index contributed by atoms with van der Waals surface area (Å²) in [6.07, 6.45) is 8.50. The Morgan fingerprint density at radius 3 is 2.96 bits per heavy atom. The van der Waals surface area contributed by atoms with E-state index in [4.69, 9.17) is 4.74 Å². The van der Waals surface area contributed by atoms with Crippen molar-refractivity contribution in [3.63, 3.8) is 0 Å². The number of carbonyl (C=O) groups excluding carboxylic acids is 1. The first-order chi connectivity index (χ1) is 12.7. The predicted octanol–water partition coefficient (Wildman–Crippen LogP) is 3.55. The first-order valence-electron chi connectivity index (χ1n) is 9.26. The Hall–Kier alpha value is -1.37. The first-order valence-corrected chi connectivity index (χ1v) is 11.1. The van der Waals surface area contributed by atoms with Crippen LogP contribution in [-0.2, 0) is 24.2 Å². The van der Waals surface area contributed by atoms with Crippen LogP contribution in [0.4, 0.5) is 0 Å². The van der Waals surface area contributed by atoms with Crippen LogP contribution < -0.4 is 0 Å². The summed E-state index contributed by atoms with van der Waals surface area (Å²) in [6.45, 7) is 2.38. The number of thioether (sulfide) groups is 1. The maximum Gasteiger partial charge on any atom is 0.264 e. The van der Waals surface area contributed by atoms with Gasteiger partial charge in [-0.05, 0) is 55.0 Å². The Balaban J connectivity index is 1.14. The molecule has 4 heterocycles. The maximum absolute atomic E-state index is 12.8. The molecule has 2 aliphatic heterocycles. The largest absolute Gasteiger partial charge is 0.373 e. The molecule has 1 amide bonds. The molecular weight excluding hydrogens is 364 g/mol. The van der Waals surface area contributed by atoms with Crippen molar-refractivity contribution in [2.75, 3.05) is 18.8 Å². The Labute approximate surface area is 162 Å². The number of hydrogen-bond donors (Lipinski definition) is 0. The Bertz CT molecular complexity index is 793. The molecule has 1 aliphatic carbocycles. The minimum atomic E-state index is 0.221. The van der Waals surface area contributed by atoms with E-state index in [2.05, 4.69) is 11.1 Å². The monoisotopic (exact) mass is 386 g/mol. The number of ether oxygens (including phenoxy) is 1. The lowest BCUT2D eigenvalue weighted by Crippen LogP contribution is -2.60. The molecule has 0 saturated carbocycles. The van der Waals surface area contributed by atoms with Gasteiger partial charge in [-0.2, -0.15) is 0 Å². The smallest absolute Gasteiger partial charge is 0.264 e. The summed E-state index contributed by atoms with van der Waals surface area (Å²) in [7, 11) is 0. The Morgan fingerprint density at radius 1 is 1.31 bits per heavy atom. The number of aryl methyl sites for hydroxylation is 2. The van der Waals surface area contributed by atoms with Gasteiger partial charge in [0.1, 0.15) is 0 Å². The minimum absolute atomic E-state index is 0.221. The standard InChI is InChI=1S/C20H22N2O2S2/c23-19(18-8-15-2-1-3-17(15)26-18)22-12-20(13-22)9-16(11-25-20)24-10-14-4-6-21-7-5-14/h4-8,16H,1-3,9-13H2/t16-/m1/s1. The SMILES string of the molecule is O=C(c1cc2c(s1)CCC2)N1CC2(C[C@@H](OCc3ccncc3)CS2)C1. The number of rotatable bonds is 4. The number of amides is 1. The summed E-state index contributed by atoms with van der Waals surface area (Å²) in [5.74, 6) is 1.26. The molecule has 2 saturated heterocycles. The molecule has 3 aliphatic rings. The fraction of sp³-hybridized carbons (Fsp3) is 0.500. The zero-order valence-electron chi connectivity index (χ0n) is 14.6. The molecule has 136 valence electrons. The van der Waals surface area contributed by atoms with Crippen molar-refractivity contribution >= 4 is 29.0 Å². The summed E-state index contributed by atoms with van der Waals surface area (Å²) < 4.78 is 6.31. The molecule has 5 rings (SSSR count). The first kappa shape index (κ1) is 16.8. The van der Waals surface area contributed by atoms with Gasteiger partial charge in [0.15, 0.2) is 0 Å². The van der Waals surface area contributed by atoms with Crippen molar-refractivity contribution in [3.05, 3.63) is 51.5 Å². The molecule has 2 aromatic rings. The van der Waals surface area contributed by atoms with Crippen molar-refractivity contribution in [2.24, 2.45) is 0 Å². The van der Waals surface area contributed by atoms with Crippen LogP contribution in [-0.4, -0.2) is 45.5 Å². The highest BCUT2D eigenvalue weighted by atomic mass is 32.2. The fourth-order valence-corrected chi connectivity index (χ4v) is 6.98. The molecule has 4 nitrogen and oxygen atoms in total. The molecule has 0 radical (unpaired) electrons. The van der Waals surface area contributed by atoms with E-state index < -0.39 is 0 Å². The molecule has 2 fully saturated rings. The van der Waals surface area contributed by atoms with Crippen molar-refractivity contribution in [2.45, 2.75) is 43.1 Å². The lowest BCUT2D eigenvalue weighted by atomic mass is 9.92. The van der Waals surface area contributed by atoms with Crippen molar-refractivity contribution in [1.82, 2.24) is 9.88 Å². The lowest BCUT2D eigenvalue weighted by molar-refractivity contribution is 0.0257. The topological polar surface area (TPSA) is 42.4 Å². The zero-order chi connectivity index (χ0) is 17.6. The van der Waals surface area contributed by atoms with Crippen LogP contribution >= 0.6 is 23.1 Å². The predicted molar refractivity (Wildman–Crippen MR) is 105 cm³/mol. The summed E-state index contributed by atoms with van der Waals surface area (Å²) in [5, 5.41) is 0. The summed E-state index contributed by atoms with van der Waals surface area (Å²) >= 11 is 3.70. The minimum Gasteiger partial charge on any atom is -0.373 e. The fourth-order valence-electron chi connectivity index (χ4n) is 4.21. The van der Waals surface area contributed by atoms with Gasteiger partial charge in [-0.1, -0.05) is 0 Å². The maximum atomic E-state index is 12.8. The highest BCUT2D eigenvalue weighted by Gasteiger charge is 2.51. The van der Waals surface area contributed by atoms with Crippen LogP contribution in [0.5, 0.6) is 0 Å². The van der Waals surface area contributed by atoms with E-state index in [0.29, 0.717) is 6.61 Å². The number of pyridine rings is 1. The zero-order valence-corrected chi connectivity index (χ0v) is 16.3. The second kappa shape index (κ2) is 6.66. The molecule has 1 atom stereocenters. The van der Waals surface area contributed by atoms with Crippen molar-refractivity contribution < 1.29 is 9.53 Å². The third-order valence-electron chi connectivity index (χ3n) is 5.61. The number of hydrogen-bond acceptors (Lipinski definition) is 5. The average Bonchev–Trinajstić information content (AvgIpc) is 3.33. The average molecular weight is 387 g/mol. The van der Waals surface area contributed by atoms with Gasteiger partial charge in [0.2, 0.25) is 0 Å². The molecule has 0 unspecified atom stereocenters. The van der Waals surface area contributed by atoms with E-state index in [-0.39, 0.29) is 16.8 Å². The lowest BCUT2D eigenvalue weighted by Gasteiger charge is -2.47. The van der Waals surface area contributed by atoms with Crippen LogP contribution in [0, 0.1) is 0 Å². The van der Waals surface area contributed by atoms with Gasteiger partial charge >= 0.3 is 0 Å². The molecule has 2 aromatic heterocycles. The molecule has 0 bridgehead atoms. The number of likely N-dealkylation sites (tertiary alicyclic amines) is 1. The summed E-state index contributed by atoms with van der Waals surface area (Å²) in [5.41, 5.74) is 2.58. The van der Waals surface area contributed by atoms with E-state index >= 15 is 0 Å². The van der Waals surface area contributed by atoms with Gasteiger partial charge in [0.25, 0.3) is 5.91 Å². The van der Waals surface area contributed by atoms with Crippen molar-refractivity contribution in [1.29, 1.82) is 0 Å².